The second-order valence-electron chi connectivity index (χ2n) is 19.9. The van der Waals surface area contributed by atoms with Crippen LogP contribution in [0.15, 0.2) is 55.1 Å². The molecule has 0 aromatic carbocycles. The quantitative estimate of drug-likeness (QED) is 0.134. The van der Waals surface area contributed by atoms with Gasteiger partial charge in [-0.15, -0.1) is 0 Å². The number of nitrogens with one attached hydrogen (secondary N) is 3. The van der Waals surface area contributed by atoms with Crippen LogP contribution in [0, 0.1) is 0 Å². The number of fused-ring (bicyclic) bond motifs is 3. The van der Waals surface area contributed by atoms with E-state index in [0.29, 0.717) is 0 Å². The lowest BCUT2D eigenvalue weighted by atomic mass is 9.67. The number of H-pyrrole nitrogens is 3. The Labute approximate surface area is 306 Å². The molecule has 6 aromatic rings. The van der Waals surface area contributed by atoms with Gasteiger partial charge in [-0.2, -0.15) is 0 Å². The van der Waals surface area contributed by atoms with Gasteiger partial charge in [0.15, 0.2) is 0 Å². The summed E-state index contributed by atoms with van der Waals surface area (Å²) in [5.74, 6) is 0. The van der Waals surface area contributed by atoms with Gasteiger partial charge in [0.2, 0.25) is 0 Å². The minimum atomic E-state index is -0.104. The van der Waals surface area contributed by atoms with Gasteiger partial charge >= 0.3 is 0 Å². The Kier molecular flexibility index (Phi) is 8.92. The van der Waals surface area contributed by atoms with Crippen molar-refractivity contribution in [2.45, 2.75) is 155 Å². The molecule has 0 radical (unpaired) electrons. The second kappa shape index (κ2) is 12.3. The van der Waals surface area contributed by atoms with Gasteiger partial charge in [0.1, 0.15) is 5.65 Å². The molecule has 0 bridgehead atoms. The van der Waals surface area contributed by atoms with Crippen molar-refractivity contribution >= 4 is 33.0 Å². The van der Waals surface area contributed by atoms with Crippen LogP contribution >= 0.6 is 0 Å². The highest BCUT2D eigenvalue weighted by Crippen LogP contribution is 2.48. The first-order chi connectivity index (χ1) is 23.5. The average Bonchev–Trinajstić information content (AvgIpc) is 3.76. The standard InChI is InChI=1S/C45H62N6/c1-40(2,3)34-35-30(18-16-24-47-35)49-38(34)45(13,14)23-20-42(7,8)32-28-19-26-46-27-31(28)50-37(32)44(11,12)22-21-43(9,10)33-29-17-15-25-48-39(29)51-36(33)41(4,5)6/h15-19,24-27,49-50H,20-23H2,1-14H3,(H,48,51). The van der Waals surface area contributed by atoms with E-state index < -0.39 is 0 Å². The van der Waals surface area contributed by atoms with E-state index in [2.05, 4.69) is 141 Å². The van der Waals surface area contributed by atoms with E-state index in [9.17, 15) is 0 Å². The van der Waals surface area contributed by atoms with Crippen molar-refractivity contribution in [1.82, 2.24) is 29.9 Å². The Morgan fingerprint density at radius 1 is 0.471 bits per heavy atom. The van der Waals surface area contributed by atoms with E-state index in [1.807, 2.05) is 30.9 Å². The smallest absolute Gasteiger partial charge is 0.137 e. The van der Waals surface area contributed by atoms with Gasteiger partial charge in [0.05, 0.1) is 22.7 Å². The van der Waals surface area contributed by atoms with E-state index in [1.165, 1.54) is 44.5 Å². The molecule has 51 heavy (non-hydrogen) atoms. The SMILES string of the molecule is CC(C)(C)c1[nH]c2ncccc2c1C(C)(C)CCC(C)(C)c1[nH]c2cnccc2c1C(C)(C)CCC(C)(C)c1[nH]c2cccnc2c1C(C)(C)C. The average molecular weight is 687 g/mol. The lowest BCUT2D eigenvalue weighted by molar-refractivity contribution is 0.344. The van der Waals surface area contributed by atoms with Gasteiger partial charge in [-0.05, 0) is 83.4 Å². The maximum Gasteiger partial charge on any atom is 0.137 e. The molecule has 0 saturated heterocycles. The fraction of sp³-hybridized carbons (Fsp3) is 0.533. The van der Waals surface area contributed by atoms with Crippen molar-refractivity contribution in [3.8, 4) is 0 Å². The predicted octanol–water partition coefficient (Wildman–Crippen LogP) is 12.0. The summed E-state index contributed by atoms with van der Waals surface area (Å²) in [6.07, 6.45) is 11.9. The summed E-state index contributed by atoms with van der Waals surface area (Å²) in [7, 11) is 0. The Balaban J connectivity index is 1.34. The van der Waals surface area contributed by atoms with Gasteiger partial charge < -0.3 is 15.0 Å². The maximum absolute atomic E-state index is 4.84. The molecular formula is C45H62N6. The summed E-state index contributed by atoms with van der Waals surface area (Å²) in [4.78, 5) is 25.6. The van der Waals surface area contributed by atoms with Crippen molar-refractivity contribution in [2.24, 2.45) is 0 Å². The zero-order valence-electron chi connectivity index (χ0n) is 33.9. The van der Waals surface area contributed by atoms with E-state index in [4.69, 9.17) is 9.97 Å². The van der Waals surface area contributed by atoms with Gasteiger partial charge in [0.25, 0.3) is 0 Å². The molecule has 0 aliphatic rings. The molecule has 6 nitrogen and oxygen atoms in total. The van der Waals surface area contributed by atoms with E-state index in [1.54, 1.807) is 0 Å². The van der Waals surface area contributed by atoms with Crippen molar-refractivity contribution in [3.05, 3.63) is 88.9 Å². The van der Waals surface area contributed by atoms with Crippen molar-refractivity contribution in [2.75, 3.05) is 0 Å². The third-order valence-corrected chi connectivity index (χ3v) is 11.7. The van der Waals surface area contributed by atoms with Gasteiger partial charge in [0, 0.05) is 68.3 Å². The normalized spacial score (nSPS) is 14.0. The largest absolute Gasteiger partial charge is 0.356 e. The van der Waals surface area contributed by atoms with Gasteiger partial charge in [-0.1, -0.05) is 96.9 Å². The molecule has 0 saturated carbocycles. The van der Waals surface area contributed by atoms with Crippen LogP contribution in [0.2, 0.25) is 0 Å². The third kappa shape index (κ3) is 6.76. The predicted molar refractivity (Wildman–Crippen MR) is 216 cm³/mol. The van der Waals surface area contributed by atoms with Gasteiger partial charge in [-0.3, -0.25) is 9.97 Å². The summed E-state index contributed by atoms with van der Waals surface area (Å²) in [5, 5.41) is 2.53. The molecule has 0 spiro atoms. The molecule has 0 atom stereocenters. The van der Waals surface area contributed by atoms with Crippen LogP contribution in [0.25, 0.3) is 33.0 Å². The first kappa shape index (κ1) is 36.8. The first-order valence-corrected chi connectivity index (χ1v) is 19.0. The molecule has 6 heterocycles. The zero-order valence-corrected chi connectivity index (χ0v) is 33.9. The highest BCUT2D eigenvalue weighted by Gasteiger charge is 2.40. The molecule has 0 aliphatic carbocycles. The van der Waals surface area contributed by atoms with Crippen molar-refractivity contribution < 1.29 is 0 Å². The summed E-state index contributed by atoms with van der Waals surface area (Å²) in [5.41, 5.74) is 12.1. The van der Waals surface area contributed by atoms with Crippen molar-refractivity contribution in [3.63, 3.8) is 0 Å². The van der Waals surface area contributed by atoms with E-state index in [0.717, 1.165) is 47.9 Å². The van der Waals surface area contributed by atoms with E-state index >= 15 is 0 Å². The van der Waals surface area contributed by atoms with Crippen LogP contribution in [0.4, 0.5) is 0 Å². The minimum Gasteiger partial charge on any atom is -0.356 e. The molecule has 0 amide bonds. The second-order valence-corrected chi connectivity index (χ2v) is 19.9. The number of rotatable bonds is 10. The topological polar surface area (TPSA) is 86.0 Å². The Hall–Kier alpha value is -3.93. The van der Waals surface area contributed by atoms with Crippen LogP contribution in [0.1, 0.15) is 156 Å². The van der Waals surface area contributed by atoms with Crippen LogP contribution in [-0.4, -0.2) is 29.9 Å². The number of aromatic nitrogens is 6. The molecular weight excluding hydrogens is 625 g/mol. The van der Waals surface area contributed by atoms with Crippen LogP contribution in [-0.2, 0) is 32.5 Å². The molecule has 0 unspecified atom stereocenters. The Morgan fingerprint density at radius 2 is 1.00 bits per heavy atom. The number of nitrogens with zero attached hydrogens (tertiary/aromatic N) is 3. The van der Waals surface area contributed by atoms with Crippen LogP contribution in [0.3, 0.4) is 0 Å². The first-order valence-electron chi connectivity index (χ1n) is 19.0. The monoisotopic (exact) mass is 687 g/mol. The number of hydrogen-bond acceptors (Lipinski definition) is 3. The Morgan fingerprint density at radius 3 is 1.61 bits per heavy atom. The number of aromatic amines is 3. The lowest BCUT2D eigenvalue weighted by Crippen LogP contribution is -2.31. The third-order valence-electron chi connectivity index (χ3n) is 11.7. The Bertz CT molecular complexity index is 2180. The number of hydrogen-bond donors (Lipinski definition) is 3. The number of pyridine rings is 3. The molecule has 0 aliphatic heterocycles. The summed E-state index contributed by atoms with van der Waals surface area (Å²) < 4.78 is 0. The molecule has 6 heteroatoms. The summed E-state index contributed by atoms with van der Waals surface area (Å²) >= 11 is 0. The van der Waals surface area contributed by atoms with Crippen LogP contribution in [0.5, 0.6) is 0 Å². The molecule has 0 fully saturated rings. The fourth-order valence-corrected chi connectivity index (χ4v) is 8.55. The lowest BCUT2D eigenvalue weighted by Gasteiger charge is -2.37. The molecule has 6 rings (SSSR count). The highest BCUT2D eigenvalue weighted by molar-refractivity contribution is 5.86. The van der Waals surface area contributed by atoms with Crippen LogP contribution < -0.4 is 0 Å². The maximum atomic E-state index is 4.84. The highest BCUT2D eigenvalue weighted by atomic mass is 14.9. The zero-order chi connectivity index (χ0) is 37.4. The fourth-order valence-electron chi connectivity index (χ4n) is 8.55. The van der Waals surface area contributed by atoms with Gasteiger partial charge in [-0.25, -0.2) is 4.98 Å². The molecule has 6 aromatic heterocycles. The summed E-state index contributed by atoms with van der Waals surface area (Å²) in [6, 6.07) is 10.7. The summed E-state index contributed by atoms with van der Waals surface area (Å²) in [6.45, 7) is 33.2. The van der Waals surface area contributed by atoms with Crippen molar-refractivity contribution in [1.29, 1.82) is 0 Å². The molecule has 3 N–H and O–H groups in total. The minimum absolute atomic E-state index is 0.0189. The van der Waals surface area contributed by atoms with E-state index in [-0.39, 0.29) is 32.5 Å². The molecule has 272 valence electrons.